The summed E-state index contributed by atoms with van der Waals surface area (Å²) >= 11 is 0. The molecule has 0 atom stereocenters. The van der Waals surface area contributed by atoms with E-state index in [1.165, 1.54) is 0 Å². The van der Waals surface area contributed by atoms with Crippen molar-refractivity contribution < 1.29 is 4.79 Å². The van der Waals surface area contributed by atoms with Crippen molar-refractivity contribution in [1.82, 2.24) is 9.88 Å². The summed E-state index contributed by atoms with van der Waals surface area (Å²) in [6, 6.07) is 15.9. The number of rotatable bonds is 4. The lowest BCUT2D eigenvalue weighted by atomic mass is 10.2. The third kappa shape index (κ3) is 3.80. The van der Waals surface area contributed by atoms with Gasteiger partial charge in [-0.1, -0.05) is 24.3 Å². The van der Waals surface area contributed by atoms with Gasteiger partial charge in [0.1, 0.15) is 5.82 Å². The Labute approximate surface area is 137 Å². The topological polar surface area (TPSA) is 39.7 Å². The average molecular weight is 310 g/mol. The molecule has 120 valence electrons. The standard InChI is InChI=1S/C18H22N4O/c1-20(16-7-3-2-4-8-16)15-18(23)22-13-11-21(12-14-22)17-9-5-6-10-19-17/h2-10H,11-15H2,1H3. The second kappa shape index (κ2) is 7.13. The average Bonchev–Trinajstić information content (AvgIpc) is 2.63. The van der Waals surface area contributed by atoms with Crippen molar-refractivity contribution in [2.45, 2.75) is 0 Å². The van der Waals surface area contributed by atoms with Gasteiger partial charge in [0.15, 0.2) is 0 Å². The molecule has 23 heavy (non-hydrogen) atoms. The highest BCUT2D eigenvalue weighted by molar-refractivity contribution is 5.81. The summed E-state index contributed by atoms with van der Waals surface area (Å²) in [6.45, 7) is 3.57. The van der Waals surface area contributed by atoms with Gasteiger partial charge in [-0.05, 0) is 24.3 Å². The van der Waals surface area contributed by atoms with Crippen LogP contribution in [0.4, 0.5) is 11.5 Å². The second-order valence-electron chi connectivity index (χ2n) is 5.75. The molecule has 5 nitrogen and oxygen atoms in total. The lowest BCUT2D eigenvalue weighted by Gasteiger charge is -2.36. The van der Waals surface area contributed by atoms with Crippen molar-refractivity contribution in [2.24, 2.45) is 0 Å². The van der Waals surface area contributed by atoms with Crippen LogP contribution >= 0.6 is 0 Å². The fraction of sp³-hybridized carbons (Fsp3) is 0.333. The van der Waals surface area contributed by atoms with Crippen LogP contribution in [-0.2, 0) is 4.79 Å². The van der Waals surface area contributed by atoms with Crippen LogP contribution in [0.1, 0.15) is 0 Å². The molecule has 0 bridgehead atoms. The lowest BCUT2D eigenvalue weighted by Crippen LogP contribution is -2.51. The van der Waals surface area contributed by atoms with E-state index in [2.05, 4.69) is 9.88 Å². The largest absolute Gasteiger partial charge is 0.365 e. The Morgan fingerprint density at radius 1 is 1.04 bits per heavy atom. The maximum absolute atomic E-state index is 12.5. The summed E-state index contributed by atoms with van der Waals surface area (Å²) in [5.41, 5.74) is 1.06. The van der Waals surface area contributed by atoms with Crippen LogP contribution in [0.25, 0.3) is 0 Å². The Hall–Kier alpha value is -2.56. The van der Waals surface area contributed by atoms with Gasteiger partial charge >= 0.3 is 0 Å². The first kappa shape index (κ1) is 15.3. The predicted octanol–water partition coefficient (Wildman–Crippen LogP) is 1.87. The quantitative estimate of drug-likeness (QED) is 0.864. The molecule has 3 rings (SSSR count). The SMILES string of the molecule is CN(CC(=O)N1CCN(c2ccccn2)CC1)c1ccccc1. The number of nitrogens with zero attached hydrogens (tertiary/aromatic N) is 4. The van der Waals surface area contributed by atoms with E-state index in [0.717, 1.165) is 37.7 Å². The Bertz CT molecular complexity index is 624. The van der Waals surface area contributed by atoms with E-state index in [1.54, 1.807) is 0 Å². The van der Waals surface area contributed by atoms with E-state index in [-0.39, 0.29) is 5.91 Å². The van der Waals surface area contributed by atoms with E-state index in [9.17, 15) is 4.79 Å². The molecule has 2 heterocycles. The maximum Gasteiger partial charge on any atom is 0.242 e. The molecule has 5 heteroatoms. The Balaban J connectivity index is 1.52. The minimum atomic E-state index is 0.178. The fourth-order valence-electron chi connectivity index (χ4n) is 2.80. The number of piperazine rings is 1. The molecular weight excluding hydrogens is 288 g/mol. The van der Waals surface area contributed by atoms with Gasteiger partial charge in [0.25, 0.3) is 0 Å². The number of aromatic nitrogens is 1. The molecule has 1 amide bonds. The zero-order valence-electron chi connectivity index (χ0n) is 13.4. The summed E-state index contributed by atoms with van der Waals surface area (Å²) < 4.78 is 0. The van der Waals surface area contributed by atoms with Gasteiger partial charge < -0.3 is 14.7 Å². The summed E-state index contributed by atoms with van der Waals surface area (Å²) in [7, 11) is 1.96. The van der Waals surface area contributed by atoms with Crippen LogP contribution in [-0.4, -0.2) is 55.6 Å². The molecule has 1 aliphatic heterocycles. The van der Waals surface area contributed by atoms with Crippen LogP contribution < -0.4 is 9.80 Å². The predicted molar refractivity (Wildman–Crippen MR) is 92.7 cm³/mol. The monoisotopic (exact) mass is 310 g/mol. The number of likely N-dealkylation sites (N-methyl/N-ethyl adjacent to an activating group) is 1. The van der Waals surface area contributed by atoms with Gasteiger partial charge in [0.05, 0.1) is 6.54 Å². The van der Waals surface area contributed by atoms with Crippen LogP contribution in [0.3, 0.4) is 0 Å². The number of hydrogen-bond donors (Lipinski definition) is 0. The van der Waals surface area contributed by atoms with Gasteiger partial charge in [-0.3, -0.25) is 4.79 Å². The van der Waals surface area contributed by atoms with E-state index in [1.807, 2.05) is 71.6 Å². The van der Waals surface area contributed by atoms with Gasteiger partial charge in [-0.25, -0.2) is 4.98 Å². The molecule has 0 unspecified atom stereocenters. The van der Waals surface area contributed by atoms with Gasteiger partial charge in [-0.2, -0.15) is 0 Å². The highest BCUT2D eigenvalue weighted by Gasteiger charge is 2.22. The second-order valence-corrected chi connectivity index (χ2v) is 5.75. The first-order chi connectivity index (χ1) is 11.2. The Kier molecular flexibility index (Phi) is 4.76. The summed E-state index contributed by atoms with van der Waals surface area (Å²) in [5.74, 6) is 1.16. The van der Waals surface area contributed by atoms with Crippen molar-refractivity contribution in [3.8, 4) is 0 Å². The summed E-state index contributed by atoms with van der Waals surface area (Å²) in [4.78, 5) is 23.0. The number of benzene rings is 1. The molecule has 1 aromatic heterocycles. The molecule has 1 aliphatic rings. The minimum Gasteiger partial charge on any atom is -0.365 e. The number of pyridine rings is 1. The molecule has 1 fully saturated rings. The smallest absolute Gasteiger partial charge is 0.242 e. The van der Waals surface area contributed by atoms with E-state index >= 15 is 0 Å². The number of anilines is 2. The lowest BCUT2D eigenvalue weighted by molar-refractivity contribution is -0.129. The molecule has 2 aromatic rings. The fourth-order valence-corrected chi connectivity index (χ4v) is 2.80. The maximum atomic E-state index is 12.5. The zero-order chi connectivity index (χ0) is 16.1. The molecule has 0 aliphatic carbocycles. The van der Waals surface area contributed by atoms with E-state index in [4.69, 9.17) is 0 Å². The van der Waals surface area contributed by atoms with Gasteiger partial charge in [-0.15, -0.1) is 0 Å². The summed E-state index contributed by atoms with van der Waals surface area (Å²) in [5, 5.41) is 0. The molecule has 0 saturated carbocycles. The van der Waals surface area contributed by atoms with Gasteiger partial charge in [0, 0.05) is 45.1 Å². The van der Waals surface area contributed by atoms with Crippen LogP contribution in [0.2, 0.25) is 0 Å². The number of para-hydroxylation sites is 1. The minimum absolute atomic E-state index is 0.178. The number of amides is 1. The molecule has 0 N–H and O–H groups in total. The first-order valence-corrected chi connectivity index (χ1v) is 7.94. The van der Waals surface area contributed by atoms with Crippen molar-refractivity contribution in [3.63, 3.8) is 0 Å². The highest BCUT2D eigenvalue weighted by atomic mass is 16.2. The molecular formula is C18H22N4O. The number of carbonyl (C=O) groups excluding carboxylic acids is 1. The molecule has 0 spiro atoms. The molecule has 1 aromatic carbocycles. The third-order valence-corrected chi connectivity index (χ3v) is 4.18. The number of carbonyl (C=O) groups is 1. The third-order valence-electron chi connectivity index (χ3n) is 4.18. The normalized spacial score (nSPS) is 14.7. The first-order valence-electron chi connectivity index (χ1n) is 7.94. The molecule has 0 radical (unpaired) electrons. The van der Waals surface area contributed by atoms with Crippen molar-refractivity contribution >= 4 is 17.4 Å². The van der Waals surface area contributed by atoms with E-state index < -0.39 is 0 Å². The van der Waals surface area contributed by atoms with Crippen molar-refractivity contribution in [3.05, 3.63) is 54.7 Å². The Morgan fingerprint density at radius 3 is 2.39 bits per heavy atom. The van der Waals surface area contributed by atoms with Crippen LogP contribution in [0.5, 0.6) is 0 Å². The summed E-state index contributed by atoms with van der Waals surface area (Å²) in [6.07, 6.45) is 1.81. The van der Waals surface area contributed by atoms with E-state index in [0.29, 0.717) is 6.54 Å². The van der Waals surface area contributed by atoms with Crippen LogP contribution in [0.15, 0.2) is 54.7 Å². The zero-order valence-corrected chi connectivity index (χ0v) is 13.4. The Morgan fingerprint density at radius 2 is 1.74 bits per heavy atom. The number of hydrogen-bond acceptors (Lipinski definition) is 4. The van der Waals surface area contributed by atoms with Crippen molar-refractivity contribution in [1.29, 1.82) is 0 Å². The van der Waals surface area contributed by atoms with Gasteiger partial charge in [0.2, 0.25) is 5.91 Å². The molecule has 1 saturated heterocycles. The highest BCUT2D eigenvalue weighted by Crippen LogP contribution is 2.14. The van der Waals surface area contributed by atoms with Crippen molar-refractivity contribution in [2.75, 3.05) is 49.6 Å². The van der Waals surface area contributed by atoms with Crippen LogP contribution in [0, 0.1) is 0 Å².